The molecule has 1 saturated carbocycles. The zero-order valence-corrected chi connectivity index (χ0v) is 11.7. The third-order valence-corrected chi connectivity index (χ3v) is 4.54. The van der Waals surface area contributed by atoms with E-state index in [4.69, 9.17) is 0 Å². The van der Waals surface area contributed by atoms with Gasteiger partial charge in [0.05, 0.1) is 0 Å². The van der Waals surface area contributed by atoms with Crippen molar-refractivity contribution in [2.24, 2.45) is 0 Å². The molecular formula is C16H22N2O. The van der Waals surface area contributed by atoms with Crippen molar-refractivity contribution in [3.8, 4) is 0 Å². The summed E-state index contributed by atoms with van der Waals surface area (Å²) in [5, 5.41) is 3.58. The number of benzene rings is 1. The van der Waals surface area contributed by atoms with Crippen LogP contribution in [0.15, 0.2) is 30.3 Å². The first kappa shape index (κ1) is 12.7. The van der Waals surface area contributed by atoms with Crippen LogP contribution in [-0.2, 0) is 4.79 Å². The van der Waals surface area contributed by atoms with Crippen molar-refractivity contribution in [1.29, 1.82) is 0 Å². The van der Waals surface area contributed by atoms with Gasteiger partial charge >= 0.3 is 0 Å². The van der Waals surface area contributed by atoms with Crippen LogP contribution in [0.5, 0.6) is 0 Å². The van der Waals surface area contributed by atoms with Crippen LogP contribution in [0.4, 0.5) is 0 Å². The van der Waals surface area contributed by atoms with Gasteiger partial charge in [-0.3, -0.25) is 10.1 Å². The van der Waals surface area contributed by atoms with E-state index in [1.54, 1.807) is 0 Å². The van der Waals surface area contributed by atoms with E-state index in [-0.39, 0.29) is 11.7 Å². The van der Waals surface area contributed by atoms with Gasteiger partial charge in [-0.1, -0.05) is 44.2 Å². The average molecular weight is 258 g/mol. The van der Waals surface area contributed by atoms with E-state index >= 15 is 0 Å². The Labute approximate surface area is 115 Å². The molecular weight excluding hydrogens is 236 g/mol. The number of carbonyl (C=O) groups is 1. The van der Waals surface area contributed by atoms with Gasteiger partial charge in [0.25, 0.3) is 0 Å². The summed E-state index contributed by atoms with van der Waals surface area (Å²) in [6.07, 6.45) is 4.07. The highest BCUT2D eigenvalue weighted by atomic mass is 16.2. The summed E-state index contributed by atoms with van der Waals surface area (Å²) in [6, 6.07) is 10.7. The van der Waals surface area contributed by atoms with Crippen LogP contribution in [0, 0.1) is 0 Å². The molecule has 1 aromatic rings. The SMILES string of the molecule is CCC(CC)N1C(=O)C2(CC2)NC1c1ccccc1. The van der Waals surface area contributed by atoms with Gasteiger partial charge in [0, 0.05) is 6.04 Å². The minimum Gasteiger partial charge on any atom is -0.318 e. The van der Waals surface area contributed by atoms with Crippen LogP contribution < -0.4 is 5.32 Å². The fourth-order valence-corrected chi connectivity index (χ4v) is 3.18. The lowest BCUT2D eigenvalue weighted by molar-refractivity contribution is -0.133. The molecule has 1 aromatic carbocycles. The minimum absolute atomic E-state index is 0.0566. The fraction of sp³-hybridized carbons (Fsp3) is 0.562. The molecule has 2 fully saturated rings. The zero-order chi connectivity index (χ0) is 13.5. The van der Waals surface area contributed by atoms with Gasteiger partial charge in [0.1, 0.15) is 11.7 Å². The molecule has 1 spiro atoms. The molecule has 0 bridgehead atoms. The number of hydrogen-bond acceptors (Lipinski definition) is 2. The van der Waals surface area contributed by atoms with Gasteiger partial charge in [-0.05, 0) is 31.2 Å². The van der Waals surface area contributed by atoms with Gasteiger partial charge in [-0.15, -0.1) is 0 Å². The topological polar surface area (TPSA) is 32.3 Å². The number of nitrogens with zero attached hydrogens (tertiary/aromatic N) is 1. The predicted molar refractivity (Wildman–Crippen MR) is 75.5 cm³/mol. The molecule has 1 unspecified atom stereocenters. The van der Waals surface area contributed by atoms with Crippen LogP contribution in [0.25, 0.3) is 0 Å². The molecule has 1 aliphatic heterocycles. The van der Waals surface area contributed by atoms with Crippen molar-refractivity contribution in [1.82, 2.24) is 10.2 Å². The lowest BCUT2D eigenvalue weighted by Gasteiger charge is -2.31. The summed E-state index contributed by atoms with van der Waals surface area (Å²) >= 11 is 0. The Morgan fingerprint density at radius 1 is 1.26 bits per heavy atom. The van der Waals surface area contributed by atoms with Crippen LogP contribution >= 0.6 is 0 Å². The molecule has 1 N–H and O–H groups in total. The molecule has 2 aliphatic rings. The summed E-state index contributed by atoms with van der Waals surface area (Å²) < 4.78 is 0. The second kappa shape index (κ2) is 4.64. The van der Waals surface area contributed by atoms with E-state index in [0.717, 1.165) is 25.7 Å². The van der Waals surface area contributed by atoms with Gasteiger partial charge in [0.15, 0.2) is 0 Å². The number of nitrogens with one attached hydrogen (secondary N) is 1. The largest absolute Gasteiger partial charge is 0.318 e. The minimum atomic E-state index is -0.233. The molecule has 1 aliphatic carbocycles. The number of hydrogen-bond donors (Lipinski definition) is 1. The second-order valence-corrected chi connectivity index (χ2v) is 5.72. The van der Waals surface area contributed by atoms with Crippen molar-refractivity contribution in [3.63, 3.8) is 0 Å². The maximum Gasteiger partial charge on any atom is 0.244 e. The number of carbonyl (C=O) groups excluding carboxylic acids is 1. The summed E-state index contributed by atoms with van der Waals surface area (Å²) in [7, 11) is 0. The smallest absolute Gasteiger partial charge is 0.244 e. The van der Waals surface area contributed by atoms with Crippen molar-refractivity contribution >= 4 is 5.91 Å². The molecule has 1 heterocycles. The Bertz CT molecular complexity index is 463. The Kier molecular flexibility index (Phi) is 3.09. The van der Waals surface area contributed by atoms with Crippen LogP contribution in [0.2, 0.25) is 0 Å². The lowest BCUT2D eigenvalue weighted by atomic mass is 10.1. The summed E-state index contributed by atoms with van der Waals surface area (Å²) in [5.74, 6) is 0.315. The third-order valence-electron chi connectivity index (χ3n) is 4.54. The highest BCUT2D eigenvalue weighted by Gasteiger charge is 2.60. The Balaban J connectivity index is 1.95. The van der Waals surface area contributed by atoms with Gasteiger partial charge < -0.3 is 4.90 Å². The molecule has 19 heavy (non-hydrogen) atoms. The van der Waals surface area contributed by atoms with E-state index < -0.39 is 0 Å². The standard InChI is InChI=1S/C16H22N2O/c1-3-13(4-2)18-14(12-8-6-5-7-9-12)17-16(10-11-16)15(18)19/h5-9,13-14,17H,3-4,10-11H2,1-2H3. The van der Waals surface area contributed by atoms with Crippen molar-refractivity contribution in [2.45, 2.75) is 57.3 Å². The van der Waals surface area contributed by atoms with Crippen molar-refractivity contribution in [2.75, 3.05) is 0 Å². The Morgan fingerprint density at radius 2 is 1.89 bits per heavy atom. The Hall–Kier alpha value is -1.35. The van der Waals surface area contributed by atoms with Crippen molar-refractivity contribution in [3.05, 3.63) is 35.9 Å². The first-order valence-electron chi connectivity index (χ1n) is 7.37. The van der Waals surface area contributed by atoms with E-state index in [9.17, 15) is 4.79 Å². The van der Waals surface area contributed by atoms with E-state index in [0.29, 0.717) is 11.9 Å². The fourth-order valence-electron chi connectivity index (χ4n) is 3.18. The molecule has 102 valence electrons. The van der Waals surface area contributed by atoms with Gasteiger partial charge in [0.2, 0.25) is 5.91 Å². The summed E-state index contributed by atoms with van der Waals surface area (Å²) in [4.78, 5) is 14.8. The van der Waals surface area contributed by atoms with Gasteiger partial charge in [-0.25, -0.2) is 0 Å². The summed E-state index contributed by atoms with van der Waals surface area (Å²) in [5.41, 5.74) is 0.967. The molecule has 1 amide bonds. The maximum absolute atomic E-state index is 12.7. The van der Waals surface area contributed by atoms with E-state index in [1.807, 2.05) is 18.2 Å². The zero-order valence-electron chi connectivity index (χ0n) is 11.7. The maximum atomic E-state index is 12.7. The molecule has 1 saturated heterocycles. The second-order valence-electron chi connectivity index (χ2n) is 5.72. The number of amides is 1. The van der Waals surface area contributed by atoms with Crippen molar-refractivity contribution < 1.29 is 4.79 Å². The van der Waals surface area contributed by atoms with E-state index in [2.05, 4.69) is 36.2 Å². The molecule has 3 rings (SSSR count). The molecule has 0 aromatic heterocycles. The number of rotatable bonds is 4. The molecule has 1 atom stereocenters. The quantitative estimate of drug-likeness (QED) is 0.900. The molecule has 3 nitrogen and oxygen atoms in total. The third kappa shape index (κ3) is 1.96. The van der Waals surface area contributed by atoms with Crippen LogP contribution in [0.1, 0.15) is 51.3 Å². The van der Waals surface area contributed by atoms with Crippen LogP contribution in [0.3, 0.4) is 0 Å². The highest BCUT2D eigenvalue weighted by molar-refractivity contribution is 5.92. The monoisotopic (exact) mass is 258 g/mol. The van der Waals surface area contributed by atoms with E-state index in [1.165, 1.54) is 5.56 Å². The van der Waals surface area contributed by atoms with Crippen LogP contribution in [-0.4, -0.2) is 22.4 Å². The Morgan fingerprint density at radius 3 is 2.42 bits per heavy atom. The lowest BCUT2D eigenvalue weighted by Crippen LogP contribution is -2.39. The highest BCUT2D eigenvalue weighted by Crippen LogP contribution is 2.47. The molecule has 0 radical (unpaired) electrons. The predicted octanol–water partition coefficient (Wildman–Crippen LogP) is 2.84. The average Bonchev–Trinajstić information content (AvgIpc) is 3.18. The first-order valence-corrected chi connectivity index (χ1v) is 7.37. The van der Waals surface area contributed by atoms with Gasteiger partial charge in [-0.2, -0.15) is 0 Å². The first-order chi connectivity index (χ1) is 9.22. The summed E-state index contributed by atoms with van der Waals surface area (Å²) in [6.45, 7) is 4.34. The normalized spacial score (nSPS) is 24.5. The molecule has 3 heteroatoms.